The molecule has 0 aliphatic carbocycles. The number of hydrogen-bond donors (Lipinski definition) is 1. The number of nitrogens with zero attached hydrogens (tertiary/aromatic N) is 1. The highest BCUT2D eigenvalue weighted by Crippen LogP contribution is 2.21. The standard InChI is InChI=1S/C17H17BrN2O2/c1-3-22-16-9-8-15(18)10-14(16)11-19-20-17(21)13-6-4-12(2)5-7-13/h4-11H,3H2,1-2H3,(H,20,21). The monoisotopic (exact) mass is 360 g/mol. The van der Waals surface area contributed by atoms with E-state index in [1.807, 2.05) is 44.2 Å². The second kappa shape index (κ2) is 7.75. The van der Waals surface area contributed by atoms with Crippen molar-refractivity contribution in [2.24, 2.45) is 5.10 Å². The first-order valence-electron chi connectivity index (χ1n) is 6.92. The normalized spacial score (nSPS) is 10.7. The zero-order valence-electron chi connectivity index (χ0n) is 12.5. The number of carbonyl (C=O) groups is 1. The lowest BCUT2D eigenvalue weighted by Gasteiger charge is -2.07. The number of rotatable bonds is 5. The molecule has 0 spiro atoms. The highest BCUT2D eigenvalue weighted by atomic mass is 79.9. The first-order chi connectivity index (χ1) is 10.6. The Morgan fingerprint density at radius 1 is 1.27 bits per heavy atom. The van der Waals surface area contributed by atoms with Gasteiger partial charge in [0, 0.05) is 15.6 Å². The van der Waals surface area contributed by atoms with Gasteiger partial charge < -0.3 is 4.74 Å². The summed E-state index contributed by atoms with van der Waals surface area (Å²) < 4.78 is 6.44. The van der Waals surface area contributed by atoms with Gasteiger partial charge in [-0.2, -0.15) is 5.10 Å². The molecule has 4 nitrogen and oxygen atoms in total. The SMILES string of the molecule is CCOc1ccc(Br)cc1C=NNC(=O)c1ccc(C)cc1. The minimum Gasteiger partial charge on any atom is -0.493 e. The summed E-state index contributed by atoms with van der Waals surface area (Å²) in [7, 11) is 0. The number of benzene rings is 2. The summed E-state index contributed by atoms with van der Waals surface area (Å²) in [6, 6.07) is 13.0. The van der Waals surface area contributed by atoms with Gasteiger partial charge >= 0.3 is 0 Å². The molecule has 5 heteroatoms. The van der Waals surface area contributed by atoms with E-state index in [-0.39, 0.29) is 5.91 Å². The molecule has 22 heavy (non-hydrogen) atoms. The highest BCUT2D eigenvalue weighted by molar-refractivity contribution is 9.10. The maximum absolute atomic E-state index is 12.0. The minimum atomic E-state index is -0.246. The van der Waals surface area contributed by atoms with Crippen LogP contribution in [0.1, 0.15) is 28.4 Å². The third-order valence-corrected chi connectivity index (χ3v) is 3.45. The smallest absolute Gasteiger partial charge is 0.271 e. The van der Waals surface area contributed by atoms with E-state index in [1.54, 1.807) is 18.3 Å². The zero-order valence-corrected chi connectivity index (χ0v) is 14.1. The van der Waals surface area contributed by atoms with Crippen LogP contribution in [0.4, 0.5) is 0 Å². The summed E-state index contributed by atoms with van der Waals surface area (Å²) in [5.74, 6) is 0.475. The van der Waals surface area contributed by atoms with Crippen molar-refractivity contribution in [2.75, 3.05) is 6.61 Å². The maximum Gasteiger partial charge on any atom is 0.271 e. The number of nitrogens with one attached hydrogen (secondary N) is 1. The van der Waals surface area contributed by atoms with Gasteiger partial charge in [0.25, 0.3) is 5.91 Å². The summed E-state index contributed by atoms with van der Waals surface area (Å²) in [6.45, 7) is 4.46. The van der Waals surface area contributed by atoms with E-state index in [9.17, 15) is 4.79 Å². The molecule has 0 fully saturated rings. The fraction of sp³-hybridized carbons (Fsp3) is 0.176. The molecule has 0 heterocycles. The maximum atomic E-state index is 12.0. The van der Waals surface area contributed by atoms with Crippen molar-refractivity contribution in [1.82, 2.24) is 5.43 Å². The Bertz CT molecular complexity index is 682. The van der Waals surface area contributed by atoms with E-state index in [1.165, 1.54) is 0 Å². The zero-order chi connectivity index (χ0) is 15.9. The van der Waals surface area contributed by atoms with E-state index in [0.29, 0.717) is 12.2 Å². The lowest BCUT2D eigenvalue weighted by molar-refractivity contribution is 0.0955. The van der Waals surface area contributed by atoms with E-state index in [4.69, 9.17) is 4.74 Å². The molecule has 2 aromatic carbocycles. The minimum absolute atomic E-state index is 0.246. The van der Waals surface area contributed by atoms with Crippen LogP contribution in [0.3, 0.4) is 0 Å². The molecule has 0 aliphatic rings. The quantitative estimate of drug-likeness (QED) is 0.648. The number of hydrogen-bond acceptors (Lipinski definition) is 3. The number of hydrazone groups is 1. The van der Waals surface area contributed by atoms with Gasteiger partial charge in [0.2, 0.25) is 0 Å². The van der Waals surface area contributed by atoms with Gasteiger partial charge in [-0.15, -0.1) is 0 Å². The van der Waals surface area contributed by atoms with Gasteiger partial charge in [0.1, 0.15) is 5.75 Å². The summed E-state index contributed by atoms with van der Waals surface area (Å²) in [5, 5.41) is 4.00. The van der Waals surface area contributed by atoms with Gasteiger partial charge in [0.05, 0.1) is 12.8 Å². The Balaban J connectivity index is 2.07. The molecule has 0 atom stereocenters. The number of amides is 1. The fourth-order valence-electron chi connectivity index (χ4n) is 1.84. The third-order valence-electron chi connectivity index (χ3n) is 2.96. The van der Waals surface area contributed by atoms with Crippen molar-refractivity contribution in [1.29, 1.82) is 0 Å². The fourth-order valence-corrected chi connectivity index (χ4v) is 2.22. The van der Waals surface area contributed by atoms with Gasteiger partial charge in [0.15, 0.2) is 0 Å². The Kier molecular flexibility index (Phi) is 5.72. The van der Waals surface area contributed by atoms with Crippen LogP contribution in [0.25, 0.3) is 0 Å². The Morgan fingerprint density at radius 2 is 2.00 bits per heavy atom. The van der Waals surface area contributed by atoms with Crippen LogP contribution in [0.5, 0.6) is 5.75 Å². The second-order valence-electron chi connectivity index (χ2n) is 4.68. The average molecular weight is 361 g/mol. The summed E-state index contributed by atoms with van der Waals surface area (Å²) in [4.78, 5) is 12.0. The Hall–Kier alpha value is -2.14. The first-order valence-corrected chi connectivity index (χ1v) is 7.72. The predicted octanol–water partition coefficient (Wildman–Crippen LogP) is 3.92. The summed E-state index contributed by atoms with van der Waals surface area (Å²) in [6.07, 6.45) is 1.57. The van der Waals surface area contributed by atoms with Gasteiger partial charge in [-0.05, 0) is 44.2 Å². The highest BCUT2D eigenvalue weighted by Gasteiger charge is 2.04. The molecule has 0 bridgehead atoms. The third kappa shape index (κ3) is 4.43. The van der Waals surface area contributed by atoms with Crippen molar-refractivity contribution in [3.8, 4) is 5.75 Å². The van der Waals surface area contributed by atoms with E-state index < -0.39 is 0 Å². The van der Waals surface area contributed by atoms with Crippen LogP contribution < -0.4 is 10.2 Å². The van der Waals surface area contributed by atoms with Crippen molar-refractivity contribution < 1.29 is 9.53 Å². The number of carbonyl (C=O) groups excluding carboxylic acids is 1. The summed E-state index contributed by atoms with van der Waals surface area (Å²) in [5.41, 5.74) is 4.99. The molecule has 2 aromatic rings. The van der Waals surface area contributed by atoms with Crippen molar-refractivity contribution in [2.45, 2.75) is 13.8 Å². The largest absolute Gasteiger partial charge is 0.493 e. The molecule has 0 aliphatic heterocycles. The Morgan fingerprint density at radius 3 is 2.68 bits per heavy atom. The van der Waals surface area contributed by atoms with E-state index in [0.717, 1.165) is 21.3 Å². The van der Waals surface area contributed by atoms with Crippen LogP contribution in [0, 0.1) is 6.92 Å². The van der Waals surface area contributed by atoms with Crippen LogP contribution in [0.2, 0.25) is 0 Å². The molecule has 2 rings (SSSR count). The summed E-state index contributed by atoms with van der Waals surface area (Å²) >= 11 is 3.41. The lowest BCUT2D eigenvalue weighted by Crippen LogP contribution is -2.17. The first kappa shape index (κ1) is 16.2. The molecule has 1 N–H and O–H groups in total. The Labute approximate surface area is 138 Å². The lowest BCUT2D eigenvalue weighted by atomic mass is 10.1. The molecule has 0 radical (unpaired) electrons. The van der Waals surface area contributed by atoms with E-state index in [2.05, 4.69) is 26.5 Å². The number of ether oxygens (including phenoxy) is 1. The van der Waals surface area contributed by atoms with Crippen LogP contribution in [-0.4, -0.2) is 18.7 Å². The number of aryl methyl sites for hydroxylation is 1. The van der Waals surface area contributed by atoms with Crippen LogP contribution in [-0.2, 0) is 0 Å². The van der Waals surface area contributed by atoms with Crippen molar-refractivity contribution in [3.63, 3.8) is 0 Å². The molecule has 114 valence electrons. The molecule has 0 saturated heterocycles. The molecular weight excluding hydrogens is 344 g/mol. The second-order valence-corrected chi connectivity index (χ2v) is 5.60. The van der Waals surface area contributed by atoms with Crippen LogP contribution >= 0.6 is 15.9 Å². The van der Waals surface area contributed by atoms with Crippen molar-refractivity contribution >= 4 is 28.1 Å². The average Bonchev–Trinajstić information content (AvgIpc) is 2.50. The molecule has 0 aromatic heterocycles. The van der Waals surface area contributed by atoms with E-state index >= 15 is 0 Å². The number of halogens is 1. The molecular formula is C17H17BrN2O2. The van der Waals surface area contributed by atoms with Gasteiger partial charge in [-0.3, -0.25) is 4.79 Å². The van der Waals surface area contributed by atoms with Gasteiger partial charge in [-0.25, -0.2) is 5.43 Å². The predicted molar refractivity (Wildman–Crippen MR) is 91.6 cm³/mol. The van der Waals surface area contributed by atoms with Crippen molar-refractivity contribution in [3.05, 3.63) is 63.6 Å². The molecule has 0 unspecified atom stereocenters. The van der Waals surface area contributed by atoms with Gasteiger partial charge in [-0.1, -0.05) is 33.6 Å². The topological polar surface area (TPSA) is 50.7 Å². The molecule has 1 amide bonds. The molecule has 0 saturated carbocycles. The van der Waals surface area contributed by atoms with Crippen LogP contribution in [0.15, 0.2) is 52.0 Å².